The summed E-state index contributed by atoms with van der Waals surface area (Å²) in [6, 6.07) is 7.45. The van der Waals surface area contributed by atoms with Crippen LogP contribution < -0.4 is 5.32 Å². The van der Waals surface area contributed by atoms with Gasteiger partial charge in [0.15, 0.2) is 0 Å². The molecule has 1 aromatic heterocycles. The third kappa shape index (κ3) is 7.58. The maximum absolute atomic E-state index is 12.4. The minimum Gasteiger partial charge on any atom is -0.444 e. The van der Waals surface area contributed by atoms with Crippen LogP contribution in [0.2, 0.25) is 0 Å². The number of nitrogens with one attached hydrogen (secondary N) is 1. The molecule has 1 amide bonds. The molecule has 1 aliphatic rings. The lowest BCUT2D eigenvalue weighted by molar-refractivity contribution is 0.0736. The summed E-state index contributed by atoms with van der Waals surface area (Å²) in [7, 11) is 0. The van der Waals surface area contributed by atoms with Crippen LogP contribution in [0.5, 0.6) is 0 Å². The maximum Gasteiger partial charge on any atom is 0.253 e. The molecule has 0 radical (unpaired) electrons. The number of aliphatic imine (C=N–C) groups is 1. The Morgan fingerprint density at radius 1 is 1.37 bits per heavy atom. The van der Waals surface area contributed by atoms with Crippen molar-refractivity contribution in [1.29, 1.82) is 0 Å². The van der Waals surface area contributed by atoms with Gasteiger partial charge in [0.2, 0.25) is 5.89 Å². The van der Waals surface area contributed by atoms with Crippen molar-refractivity contribution < 1.29 is 9.21 Å². The molecule has 1 saturated heterocycles. The van der Waals surface area contributed by atoms with Gasteiger partial charge in [0.1, 0.15) is 6.26 Å². The Kier molecular flexibility index (Phi) is 10.4. The monoisotopic (exact) mass is 370 g/mol. The van der Waals surface area contributed by atoms with Gasteiger partial charge in [0.25, 0.3) is 5.91 Å². The van der Waals surface area contributed by atoms with E-state index in [1.807, 2.05) is 36.1 Å². The van der Waals surface area contributed by atoms with E-state index in [9.17, 15) is 4.79 Å². The molecule has 0 bridgehead atoms. The fourth-order valence-electron chi connectivity index (χ4n) is 2.32. The lowest BCUT2D eigenvalue weighted by Crippen LogP contribution is -2.46. The average Bonchev–Trinajstić information content (AvgIpc) is 3.15. The molecule has 2 aromatic rings. The third-order valence-electron chi connectivity index (χ3n) is 3.51. The largest absolute Gasteiger partial charge is 0.444 e. The van der Waals surface area contributed by atoms with Crippen molar-refractivity contribution >= 4 is 12.6 Å². The summed E-state index contributed by atoms with van der Waals surface area (Å²) >= 11 is 0. The van der Waals surface area contributed by atoms with Crippen molar-refractivity contribution in [2.45, 2.75) is 27.2 Å². The quantitative estimate of drug-likeness (QED) is 0.831. The number of hydrogen-bond acceptors (Lipinski definition) is 5. The second kappa shape index (κ2) is 12.6. The molecular weight excluding hydrogens is 340 g/mol. The summed E-state index contributed by atoms with van der Waals surface area (Å²) in [5, 5.41) is 3.24. The Morgan fingerprint density at radius 3 is 2.52 bits per heavy atom. The van der Waals surface area contributed by atoms with Crippen molar-refractivity contribution in [1.82, 2.24) is 15.2 Å². The number of oxazole rings is 1. The first-order chi connectivity index (χ1) is 13.1. The predicted molar refractivity (Wildman–Crippen MR) is 111 cm³/mol. The molecule has 3 rings (SSSR count). The van der Waals surface area contributed by atoms with Gasteiger partial charge in [-0.1, -0.05) is 32.9 Å². The Hall–Kier alpha value is -2.73. The van der Waals surface area contributed by atoms with Gasteiger partial charge in [-0.25, -0.2) is 4.98 Å². The SMILES string of the molecule is C=CN=C.CCC.Cc1coc(-c2cccc(C(=O)N3CCNCC3)c2)n1. The minimum atomic E-state index is 0.0663. The smallest absolute Gasteiger partial charge is 0.253 e. The minimum absolute atomic E-state index is 0.0663. The maximum atomic E-state index is 12.4. The van der Waals surface area contributed by atoms with E-state index in [2.05, 4.69) is 42.4 Å². The van der Waals surface area contributed by atoms with Crippen LogP contribution in [0, 0.1) is 6.92 Å². The molecular formula is C21H30N4O2. The van der Waals surface area contributed by atoms with Crippen molar-refractivity contribution in [3.8, 4) is 11.5 Å². The first-order valence-corrected chi connectivity index (χ1v) is 9.16. The summed E-state index contributed by atoms with van der Waals surface area (Å²) in [4.78, 5) is 21.8. The van der Waals surface area contributed by atoms with Crippen LogP contribution in [-0.2, 0) is 0 Å². The van der Waals surface area contributed by atoms with Crippen LogP contribution in [0.25, 0.3) is 11.5 Å². The molecule has 0 spiro atoms. The first kappa shape index (κ1) is 22.3. The molecule has 2 heterocycles. The summed E-state index contributed by atoms with van der Waals surface area (Å²) in [6.07, 6.45) is 4.25. The molecule has 6 heteroatoms. The van der Waals surface area contributed by atoms with Crippen LogP contribution in [0.3, 0.4) is 0 Å². The van der Waals surface area contributed by atoms with E-state index < -0.39 is 0 Å². The van der Waals surface area contributed by atoms with E-state index in [4.69, 9.17) is 4.42 Å². The van der Waals surface area contributed by atoms with Gasteiger partial charge >= 0.3 is 0 Å². The summed E-state index contributed by atoms with van der Waals surface area (Å²) in [5.41, 5.74) is 2.35. The Labute approximate surface area is 162 Å². The van der Waals surface area contributed by atoms with Gasteiger partial charge in [0.05, 0.1) is 5.69 Å². The zero-order chi connectivity index (χ0) is 20.1. The second-order valence-electron chi connectivity index (χ2n) is 5.99. The highest BCUT2D eigenvalue weighted by atomic mass is 16.3. The predicted octanol–water partition coefficient (Wildman–Crippen LogP) is 3.94. The van der Waals surface area contributed by atoms with Gasteiger partial charge in [-0.2, -0.15) is 0 Å². The van der Waals surface area contributed by atoms with Gasteiger partial charge in [-0.05, 0) is 31.8 Å². The third-order valence-corrected chi connectivity index (χ3v) is 3.51. The molecule has 0 aliphatic carbocycles. The average molecular weight is 370 g/mol. The molecule has 1 N–H and O–H groups in total. The molecule has 1 fully saturated rings. The highest BCUT2D eigenvalue weighted by Gasteiger charge is 2.18. The van der Waals surface area contributed by atoms with E-state index in [1.54, 1.807) is 6.26 Å². The van der Waals surface area contributed by atoms with E-state index in [1.165, 1.54) is 12.6 Å². The molecule has 1 aromatic carbocycles. The van der Waals surface area contributed by atoms with Crippen molar-refractivity contribution in [3.05, 3.63) is 54.6 Å². The number of piperazine rings is 1. The Morgan fingerprint density at radius 2 is 2.00 bits per heavy atom. The molecule has 27 heavy (non-hydrogen) atoms. The number of aryl methyl sites for hydroxylation is 1. The number of carbonyl (C=O) groups excluding carboxylic acids is 1. The van der Waals surface area contributed by atoms with Gasteiger partial charge in [0, 0.05) is 43.5 Å². The molecule has 0 atom stereocenters. The van der Waals surface area contributed by atoms with E-state index in [-0.39, 0.29) is 5.91 Å². The topological polar surface area (TPSA) is 70.7 Å². The van der Waals surface area contributed by atoms with E-state index in [0.717, 1.165) is 37.4 Å². The summed E-state index contributed by atoms with van der Waals surface area (Å²) < 4.78 is 5.38. The summed E-state index contributed by atoms with van der Waals surface area (Å²) in [5.74, 6) is 0.620. The van der Waals surface area contributed by atoms with Crippen molar-refractivity contribution in [2.24, 2.45) is 4.99 Å². The second-order valence-corrected chi connectivity index (χ2v) is 5.99. The number of aromatic nitrogens is 1. The zero-order valence-electron chi connectivity index (χ0n) is 16.6. The van der Waals surface area contributed by atoms with Crippen molar-refractivity contribution in [3.63, 3.8) is 0 Å². The number of rotatable bonds is 3. The molecule has 0 saturated carbocycles. The zero-order valence-corrected chi connectivity index (χ0v) is 16.6. The lowest BCUT2D eigenvalue weighted by Gasteiger charge is -2.27. The molecule has 146 valence electrons. The molecule has 1 aliphatic heterocycles. The molecule has 6 nitrogen and oxygen atoms in total. The number of amides is 1. The number of carbonyl (C=O) groups is 1. The van der Waals surface area contributed by atoms with Gasteiger partial charge in [-0.15, -0.1) is 0 Å². The standard InChI is InChI=1S/C15H17N3O2.C3H5N.C3H8/c1-11-10-20-14(17-11)12-3-2-4-13(9-12)15(19)18-7-5-16-6-8-18;1-3-4-2;1-3-2/h2-4,9-10,16H,5-8H2,1H3;3H,1-2H2;3H2,1-2H3. The lowest BCUT2D eigenvalue weighted by atomic mass is 10.1. The molecule has 0 unspecified atom stereocenters. The van der Waals surface area contributed by atoms with E-state index in [0.29, 0.717) is 11.5 Å². The number of benzene rings is 1. The van der Waals surface area contributed by atoms with Gasteiger partial charge < -0.3 is 14.6 Å². The fraction of sp³-hybridized carbons (Fsp3) is 0.381. The van der Waals surface area contributed by atoms with Crippen molar-refractivity contribution in [2.75, 3.05) is 26.2 Å². The van der Waals surface area contributed by atoms with Crippen LogP contribution >= 0.6 is 0 Å². The van der Waals surface area contributed by atoms with Crippen LogP contribution in [0.15, 0.2) is 52.7 Å². The normalized spacial score (nSPS) is 12.8. The fourth-order valence-corrected chi connectivity index (χ4v) is 2.32. The van der Waals surface area contributed by atoms with Gasteiger partial charge in [-0.3, -0.25) is 9.79 Å². The number of nitrogens with zero attached hydrogens (tertiary/aromatic N) is 3. The van der Waals surface area contributed by atoms with E-state index >= 15 is 0 Å². The Balaban J connectivity index is 0.000000453. The van der Waals surface area contributed by atoms with Crippen LogP contribution in [0.1, 0.15) is 36.3 Å². The summed E-state index contributed by atoms with van der Waals surface area (Å²) in [6.45, 7) is 15.7. The highest BCUT2D eigenvalue weighted by Crippen LogP contribution is 2.20. The van der Waals surface area contributed by atoms with Crippen LogP contribution in [-0.4, -0.2) is 48.7 Å². The number of hydrogen-bond donors (Lipinski definition) is 1. The van der Waals surface area contributed by atoms with Crippen LogP contribution in [0.4, 0.5) is 0 Å². The first-order valence-electron chi connectivity index (χ1n) is 9.16. The highest BCUT2D eigenvalue weighted by molar-refractivity contribution is 5.95. The Bertz CT molecular complexity index is 712.